The van der Waals surface area contributed by atoms with Gasteiger partial charge in [0.05, 0.1) is 16.7 Å². The van der Waals surface area contributed by atoms with Crippen molar-refractivity contribution in [3.05, 3.63) is 71.8 Å². The zero-order chi connectivity index (χ0) is 21.1. The van der Waals surface area contributed by atoms with Gasteiger partial charge in [-0.25, -0.2) is 0 Å². The van der Waals surface area contributed by atoms with Crippen molar-refractivity contribution >= 4 is 38.4 Å². The molecule has 0 bridgehead atoms. The molecule has 0 atom stereocenters. The van der Waals surface area contributed by atoms with Gasteiger partial charge in [-0.15, -0.1) is 29.7 Å². The number of nitrogens with zero attached hydrogens (tertiary/aromatic N) is 2. The number of rotatable bonds is 0. The van der Waals surface area contributed by atoms with Crippen LogP contribution in [0.5, 0.6) is 0 Å². The summed E-state index contributed by atoms with van der Waals surface area (Å²) in [5.41, 5.74) is 7.65. The summed E-state index contributed by atoms with van der Waals surface area (Å²) in [5, 5.41) is 3.55. The maximum atomic E-state index is 5.16. The number of fused-ring (bicyclic) bond motifs is 9. The fraction of sp³-hybridized carbons (Fsp3) is 0.321. The Balaban J connectivity index is 0.00000204. The first-order valence-electron chi connectivity index (χ1n) is 10.8. The van der Waals surface area contributed by atoms with Crippen LogP contribution in [0, 0.1) is 11.5 Å². The Kier molecular flexibility index (Phi) is 4.12. The van der Waals surface area contributed by atoms with E-state index in [1.165, 1.54) is 32.9 Å². The molecule has 3 aromatic carbocycles. The van der Waals surface area contributed by atoms with Gasteiger partial charge in [0.25, 0.3) is 0 Å². The summed E-state index contributed by atoms with van der Waals surface area (Å²) in [5.74, 6) is 0. The van der Waals surface area contributed by atoms with Crippen molar-refractivity contribution < 1.29 is 20.1 Å². The largest absolute Gasteiger partial charge is 0.333 e. The van der Waals surface area contributed by atoms with E-state index in [1.807, 2.05) is 6.07 Å². The second-order valence-corrected chi connectivity index (χ2v) is 10.5. The van der Waals surface area contributed by atoms with Gasteiger partial charge in [-0.05, 0) is 51.0 Å². The fourth-order valence-corrected chi connectivity index (χ4v) is 5.77. The zero-order valence-electron chi connectivity index (χ0n) is 18.9. The molecule has 2 aromatic heterocycles. The van der Waals surface area contributed by atoms with E-state index in [0.717, 1.165) is 16.6 Å². The second-order valence-electron chi connectivity index (χ2n) is 10.5. The predicted octanol–water partition coefficient (Wildman–Crippen LogP) is 7.19. The van der Waals surface area contributed by atoms with Crippen LogP contribution in [0.4, 0.5) is 0 Å². The van der Waals surface area contributed by atoms with E-state index < -0.39 is 0 Å². The number of imidazole rings is 1. The number of benzene rings is 3. The molecule has 2 heterocycles. The van der Waals surface area contributed by atoms with Crippen LogP contribution in [0.2, 0.25) is 0 Å². The summed E-state index contributed by atoms with van der Waals surface area (Å²) in [6.07, 6.45) is 0. The van der Waals surface area contributed by atoms with E-state index in [0.29, 0.717) is 0 Å². The van der Waals surface area contributed by atoms with Crippen LogP contribution >= 0.6 is 0 Å². The zero-order valence-corrected chi connectivity index (χ0v) is 21.3. The van der Waals surface area contributed by atoms with Gasteiger partial charge < -0.3 is 4.40 Å². The molecule has 0 saturated carbocycles. The van der Waals surface area contributed by atoms with Crippen molar-refractivity contribution in [3.8, 4) is 0 Å². The molecule has 0 amide bonds. The molecule has 2 nitrogen and oxygen atoms in total. The van der Waals surface area contributed by atoms with Crippen molar-refractivity contribution in [2.75, 3.05) is 0 Å². The van der Waals surface area contributed by atoms with Crippen LogP contribution in [0.1, 0.15) is 52.7 Å². The monoisotopic (exact) mass is 584 g/mol. The standard InChI is InChI=1S/C28H27N2.Ir/c1-26(2)20-15-22-24(16-21(20)27(3,4)28(26,5)6)30-23-14-10-9-12-18(23)17-11-7-8-13-19(17)25(30)29-22;/h7-12,14-16H,1-6H3;/q-1;. The molecule has 5 aromatic rings. The number of hydrogen-bond donors (Lipinski definition) is 0. The van der Waals surface area contributed by atoms with E-state index >= 15 is 0 Å². The van der Waals surface area contributed by atoms with E-state index in [-0.39, 0.29) is 36.4 Å². The van der Waals surface area contributed by atoms with Crippen molar-refractivity contribution in [3.63, 3.8) is 0 Å². The Morgan fingerprint density at radius 2 is 1.42 bits per heavy atom. The first kappa shape index (κ1) is 20.7. The summed E-state index contributed by atoms with van der Waals surface area (Å²) in [4.78, 5) is 5.16. The molecule has 6 rings (SSSR count). The molecule has 31 heavy (non-hydrogen) atoms. The number of hydrogen-bond acceptors (Lipinski definition) is 1. The van der Waals surface area contributed by atoms with Crippen LogP contribution in [0.15, 0.2) is 54.6 Å². The van der Waals surface area contributed by atoms with Gasteiger partial charge in [0.2, 0.25) is 0 Å². The van der Waals surface area contributed by atoms with Crippen LogP contribution in [-0.4, -0.2) is 9.38 Å². The van der Waals surface area contributed by atoms with Crippen molar-refractivity contribution in [2.45, 2.75) is 52.4 Å². The van der Waals surface area contributed by atoms with Gasteiger partial charge in [-0.1, -0.05) is 65.1 Å². The Morgan fingerprint density at radius 1 is 0.774 bits per heavy atom. The maximum absolute atomic E-state index is 5.16. The molecule has 0 unspecified atom stereocenters. The molecule has 1 radical (unpaired) electrons. The van der Waals surface area contributed by atoms with Crippen LogP contribution in [-0.2, 0) is 30.9 Å². The SMILES string of the molecule is CC1(C)c2cc3nc4c5[c-]cccc5c5ccccc5n4c3cc2C(C)(C)C1(C)C.[Ir]. The number of aromatic nitrogens is 2. The summed E-state index contributed by atoms with van der Waals surface area (Å²) in [6.45, 7) is 14.4. The maximum Gasteiger partial charge on any atom is 0.0777 e. The summed E-state index contributed by atoms with van der Waals surface area (Å²) in [6, 6.07) is 23.1. The van der Waals surface area contributed by atoms with Crippen molar-refractivity contribution in [1.29, 1.82) is 0 Å². The normalized spacial score (nSPS) is 18.5. The second kappa shape index (κ2) is 6.18. The molecule has 0 aliphatic heterocycles. The molecular weight excluding hydrogens is 557 g/mol. The topological polar surface area (TPSA) is 17.3 Å². The smallest absolute Gasteiger partial charge is 0.0777 e. The van der Waals surface area contributed by atoms with E-state index in [1.54, 1.807) is 0 Å². The van der Waals surface area contributed by atoms with Crippen LogP contribution in [0.25, 0.3) is 38.4 Å². The van der Waals surface area contributed by atoms with Crippen LogP contribution in [0.3, 0.4) is 0 Å². The third-order valence-electron chi connectivity index (χ3n) is 8.78. The summed E-state index contributed by atoms with van der Waals surface area (Å²) in [7, 11) is 0. The number of pyridine rings is 1. The minimum Gasteiger partial charge on any atom is -0.333 e. The Labute approximate surface area is 197 Å². The minimum absolute atomic E-state index is 0. The molecule has 0 saturated heterocycles. The molecular formula is C28H27IrN2-. The summed E-state index contributed by atoms with van der Waals surface area (Å²) >= 11 is 0. The first-order valence-corrected chi connectivity index (χ1v) is 10.8. The van der Waals surface area contributed by atoms with E-state index in [2.05, 4.69) is 101 Å². The van der Waals surface area contributed by atoms with E-state index in [9.17, 15) is 0 Å². The first-order chi connectivity index (χ1) is 14.2. The van der Waals surface area contributed by atoms with Gasteiger partial charge in [-0.2, -0.15) is 0 Å². The molecule has 0 N–H and O–H groups in total. The molecule has 0 spiro atoms. The minimum atomic E-state index is 0. The van der Waals surface area contributed by atoms with Gasteiger partial charge in [-0.3, -0.25) is 4.98 Å². The van der Waals surface area contributed by atoms with Gasteiger partial charge in [0.15, 0.2) is 0 Å². The van der Waals surface area contributed by atoms with Gasteiger partial charge >= 0.3 is 0 Å². The van der Waals surface area contributed by atoms with Crippen molar-refractivity contribution in [1.82, 2.24) is 9.38 Å². The summed E-state index contributed by atoms with van der Waals surface area (Å²) < 4.78 is 2.35. The molecule has 3 heteroatoms. The van der Waals surface area contributed by atoms with Gasteiger partial charge in [0, 0.05) is 25.6 Å². The average Bonchev–Trinajstić information content (AvgIpc) is 3.15. The third kappa shape index (κ3) is 2.29. The number of para-hydroxylation sites is 1. The third-order valence-corrected chi connectivity index (χ3v) is 8.78. The average molecular weight is 584 g/mol. The van der Waals surface area contributed by atoms with Crippen LogP contribution < -0.4 is 0 Å². The Morgan fingerprint density at radius 3 is 2.16 bits per heavy atom. The molecule has 0 fully saturated rings. The van der Waals surface area contributed by atoms with Crippen molar-refractivity contribution in [2.24, 2.45) is 5.41 Å². The quantitative estimate of drug-likeness (QED) is 0.139. The molecule has 1 aliphatic carbocycles. The van der Waals surface area contributed by atoms with Gasteiger partial charge in [0.1, 0.15) is 0 Å². The predicted molar refractivity (Wildman–Crippen MR) is 126 cm³/mol. The molecule has 1 aliphatic rings. The Hall–Kier alpha value is -2.22. The molecule has 159 valence electrons. The van der Waals surface area contributed by atoms with E-state index in [4.69, 9.17) is 4.98 Å². The fourth-order valence-electron chi connectivity index (χ4n) is 5.77. The Bertz CT molecular complexity index is 1520.